The fourth-order valence-corrected chi connectivity index (χ4v) is 3.03. The minimum absolute atomic E-state index is 0.123. The number of hydrogen-bond donors (Lipinski definition) is 2. The molecule has 3 nitrogen and oxygen atoms in total. The van der Waals surface area contributed by atoms with Crippen molar-refractivity contribution in [2.45, 2.75) is 5.92 Å². The zero-order valence-electron chi connectivity index (χ0n) is 14.5. The fourth-order valence-electron chi connectivity index (χ4n) is 3.03. The molecule has 0 spiro atoms. The largest absolute Gasteiger partial charge is 0.388 e. The van der Waals surface area contributed by atoms with Crippen molar-refractivity contribution in [2.24, 2.45) is 0 Å². The van der Waals surface area contributed by atoms with E-state index in [2.05, 4.69) is 59.2 Å². The van der Waals surface area contributed by atoms with Crippen LogP contribution in [0.25, 0.3) is 0 Å². The zero-order valence-corrected chi connectivity index (χ0v) is 14.5. The maximum atomic E-state index is 11.0. The molecule has 0 aliphatic heterocycles. The van der Waals surface area contributed by atoms with Crippen molar-refractivity contribution in [2.75, 3.05) is 24.7 Å². The van der Waals surface area contributed by atoms with Gasteiger partial charge in [-0.2, -0.15) is 0 Å². The molecule has 0 amide bonds. The van der Waals surface area contributed by atoms with Gasteiger partial charge in [0.25, 0.3) is 0 Å². The molecule has 0 atom stereocenters. The highest BCUT2D eigenvalue weighted by Crippen LogP contribution is 2.33. The van der Waals surface area contributed by atoms with E-state index in [1.807, 2.05) is 38.4 Å². The molecule has 3 rings (SSSR count). The molecule has 3 aromatic rings. The van der Waals surface area contributed by atoms with Gasteiger partial charge in [0.05, 0.1) is 0 Å². The van der Waals surface area contributed by atoms with Crippen molar-refractivity contribution >= 4 is 17.7 Å². The molecule has 0 bridgehead atoms. The molecular formula is C22H22N2O. The van der Waals surface area contributed by atoms with Gasteiger partial charge in [0, 0.05) is 37.0 Å². The SMILES string of the molecule is CNc1ccc(C(c2ccc(C=O)cc2)c2ccc(NC)cc2)cc1. The predicted molar refractivity (Wildman–Crippen MR) is 105 cm³/mol. The maximum absolute atomic E-state index is 11.0. The van der Waals surface area contributed by atoms with Gasteiger partial charge in [-0.05, 0) is 41.0 Å². The standard InChI is InChI=1S/C22H22N2O/c1-23-20-11-7-18(8-12-20)22(17-5-3-16(15-25)4-6-17)19-9-13-21(24-2)14-10-19/h3-15,22-24H,1-2H3. The third-order valence-corrected chi connectivity index (χ3v) is 4.47. The molecule has 126 valence electrons. The van der Waals surface area contributed by atoms with Crippen molar-refractivity contribution in [3.8, 4) is 0 Å². The lowest BCUT2D eigenvalue weighted by Crippen LogP contribution is -2.04. The molecular weight excluding hydrogens is 308 g/mol. The summed E-state index contributed by atoms with van der Waals surface area (Å²) in [5.74, 6) is 0.123. The van der Waals surface area contributed by atoms with Crippen LogP contribution in [-0.2, 0) is 0 Å². The number of anilines is 2. The molecule has 3 heteroatoms. The van der Waals surface area contributed by atoms with Crippen molar-refractivity contribution < 1.29 is 4.79 Å². The monoisotopic (exact) mass is 330 g/mol. The molecule has 0 radical (unpaired) electrons. The van der Waals surface area contributed by atoms with Gasteiger partial charge in [-0.3, -0.25) is 4.79 Å². The van der Waals surface area contributed by atoms with Crippen LogP contribution in [0.3, 0.4) is 0 Å². The van der Waals surface area contributed by atoms with Crippen LogP contribution in [0, 0.1) is 0 Å². The molecule has 0 aliphatic carbocycles. The summed E-state index contributed by atoms with van der Waals surface area (Å²) < 4.78 is 0. The average Bonchev–Trinajstić information content (AvgIpc) is 2.70. The van der Waals surface area contributed by atoms with E-state index in [0.29, 0.717) is 5.56 Å². The first kappa shape index (κ1) is 16.8. The van der Waals surface area contributed by atoms with Crippen LogP contribution in [0.5, 0.6) is 0 Å². The Morgan fingerprint density at radius 1 is 0.640 bits per heavy atom. The van der Waals surface area contributed by atoms with Gasteiger partial charge in [0.2, 0.25) is 0 Å². The van der Waals surface area contributed by atoms with Crippen molar-refractivity contribution in [1.82, 2.24) is 0 Å². The Morgan fingerprint density at radius 3 is 1.32 bits per heavy atom. The van der Waals surface area contributed by atoms with Crippen molar-refractivity contribution in [1.29, 1.82) is 0 Å². The van der Waals surface area contributed by atoms with E-state index in [1.165, 1.54) is 16.7 Å². The quantitative estimate of drug-likeness (QED) is 0.505. The normalized spacial score (nSPS) is 10.5. The molecule has 0 unspecified atom stereocenters. The first-order valence-electron chi connectivity index (χ1n) is 8.35. The number of carbonyl (C=O) groups excluding carboxylic acids is 1. The van der Waals surface area contributed by atoms with Gasteiger partial charge in [0.15, 0.2) is 0 Å². The van der Waals surface area contributed by atoms with Crippen LogP contribution in [-0.4, -0.2) is 20.4 Å². The van der Waals surface area contributed by atoms with E-state index in [9.17, 15) is 4.79 Å². The summed E-state index contributed by atoms with van der Waals surface area (Å²) in [5.41, 5.74) is 6.47. The van der Waals surface area contributed by atoms with Crippen LogP contribution in [0.15, 0.2) is 72.8 Å². The lowest BCUT2D eigenvalue weighted by Gasteiger charge is -2.20. The summed E-state index contributed by atoms with van der Waals surface area (Å²) >= 11 is 0. The number of hydrogen-bond acceptors (Lipinski definition) is 3. The molecule has 0 saturated heterocycles. The lowest BCUT2D eigenvalue weighted by molar-refractivity contribution is 0.112. The van der Waals surface area contributed by atoms with Crippen LogP contribution in [0.1, 0.15) is 33.0 Å². The fraction of sp³-hybridized carbons (Fsp3) is 0.136. The first-order valence-corrected chi connectivity index (χ1v) is 8.35. The maximum Gasteiger partial charge on any atom is 0.150 e. The smallest absolute Gasteiger partial charge is 0.150 e. The Kier molecular flexibility index (Phi) is 5.14. The number of aldehydes is 1. The van der Waals surface area contributed by atoms with Crippen LogP contribution in [0.2, 0.25) is 0 Å². The van der Waals surface area contributed by atoms with Crippen LogP contribution >= 0.6 is 0 Å². The molecule has 0 heterocycles. The molecule has 0 fully saturated rings. The van der Waals surface area contributed by atoms with Gasteiger partial charge in [-0.25, -0.2) is 0 Å². The van der Waals surface area contributed by atoms with Gasteiger partial charge in [-0.1, -0.05) is 48.5 Å². The highest BCUT2D eigenvalue weighted by Gasteiger charge is 2.17. The minimum atomic E-state index is 0.123. The lowest BCUT2D eigenvalue weighted by atomic mass is 9.85. The van der Waals surface area contributed by atoms with Crippen molar-refractivity contribution in [3.63, 3.8) is 0 Å². The van der Waals surface area contributed by atoms with E-state index < -0.39 is 0 Å². The Morgan fingerprint density at radius 2 is 1.00 bits per heavy atom. The predicted octanol–water partition coefficient (Wildman–Crippen LogP) is 4.76. The van der Waals surface area contributed by atoms with Gasteiger partial charge in [0.1, 0.15) is 6.29 Å². The van der Waals surface area contributed by atoms with E-state index in [4.69, 9.17) is 0 Å². The summed E-state index contributed by atoms with van der Waals surface area (Å²) in [4.78, 5) is 11.0. The number of rotatable bonds is 6. The summed E-state index contributed by atoms with van der Waals surface area (Å²) in [5, 5.41) is 6.31. The summed E-state index contributed by atoms with van der Waals surface area (Å²) in [6.45, 7) is 0. The Hall–Kier alpha value is -3.07. The second-order valence-corrected chi connectivity index (χ2v) is 5.96. The molecule has 0 saturated carbocycles. The topological polar surface area (TPSA) is 41.1 Å². The Balaban J connectivity index is 2.06. The van der Waals surface area contributed by atoms with E-state index in [-0.39, 0.29) is 5.92 Å². The summed E-state index contributed by atoms with van der Waals surface area (Å²) in [7, 11) is 3.84. The minimum Gasteiger partial charge on any atom is -0.388 e. The first-order chi connectivity index (χ1) is 12.2. The average molecular weight is 330 g/mol. The number of nitrogens with one attached hydrogen (secondary N) is 2. The molecule has 0 aliphatic rings. The highest BCUT2D eigenvalue weighted by molar-refractivity contribution is 5.74. The van der Waals surface area contributed by atoms with Crippen LogP contribution < -0.4 is 10.6 Å². The Labute approximate surface area is 148 Å². The van der Waals surface area contributed by atoms with Gasteiger partial charge < -0.3 is 10.6 Å². The Bertz CT molecular complexity index is 774. The van der Waals surface area contributed by atoms with Gasteiger partial charge >= 0.3 is 0 Å². The molecule has 2 N–H and O–H groups in total. The molecule has 0 aromatic heterocycles. The van der Waals surface area contributed by atoms with E-state index in [1.54, 1.807) is 0 Å². The summed E-state index contributed by atoms with van der Waals surface area (Å²) in [6, 6.07) is 24.8. The summed E-state index contributed by atoms with van der Waals surface area (Å²) in [6.07, 6.45) is 0.877. The molecule has 3 aromatic carbocycles. The number of benzene rings is 3. The van der Waals surface area contributed by atoms with Gasteiger partial charge in [-0.15, -0.1) is 0 Å². The van der Waals surface area contributed by atoms with E-state index in [0.717, 1.165) is 17.7 Å². The van der Waals surface area contributed by atoms with Crippen molar-refractivity contribution in [3.05, 3.63) is 95.1 Å². The second kappa shape index (κ2) is 7.67. The second-order valence-electron chi connectivity index (χ2n) is 5.96. The third kappa shape index (κ3) is 3.72. The highest BCUT2D eigenvalue weighted by atomic mass is 16.1. The third-order valence-electron chi connectivity index (χ3n) is 4.47. The van der Waals surface area contributed by atoms with E-state index >= 15 is 0 Å². The van der Waals surface area contributed by atoms with Crippen LogP contribution in [0.4, 0.5) is 11.4 Å². The zero-order chi connectivity index (χ0) is 17.6. The number of carbonyl (C=O) groups is 1. The molecule has 25 heavy (non-hydrogen) atoms.